The third-order valence-corrected chi connectivity index (χ3v) is 9.10. The summed E-state index contributed by atoms with van der Waals surface area (Å²) in [5, 5.41) is 16.1. The molecule has 0 radical (unpaired) electrons. The minimum absolute atomic E-state index is 0. The summed E-state index contributed by atoms with van der Waals surface area (Å²) in [5.74, 6) is 0.249. The molecule has 0 saturated carbocycles. The van der Waals surface area contributed by atoms with Gasteiger partial charge in [-0.15, -0.1) is 11.3 Å². The van der Waals surface area contributed by atoms with Crippen LogP contribution in [0.3, 0.4) is 0 Å². The summed E-state index contributed by atoms with van der Waals surface area (Å²) < 4.78 is 8.08. The lowest BCUT2D eigenvalue weighted by atomic mass is 9.82. The molecule has 4 aromatic rings. The van der Waals surface area contributed by atoms with E-state index in [1.807, 2.05) is 47.8 Å². The summed E-state index contributed by atoms with van der Waals surface area (Å²) in [7, 11) is 0. The number of piperidine rings is 3. The molecule has 2 atom stereocenters. The summed E-state index contributed by atoms with van der Waals surface area (Å²) in [5.41, 5.74) is 2.39. The third-order valence-electron chi connectivity index (χ3n) is 8.12. The molecule has 8 heteroatoms. The van der Waals surface area contributed by atoms with Crippen molar-refractivity contribution in [1.82, 2.24) is 0 Å². The maximum absolute atomic E-state index is 13.8. The van der Waals surface area contributed by atoms with E-state index in [-0.39, 0.29) is 40.6 Å². The van der Waals surface area contributed by atoms with E-state index in [0.29, 0.717) is 29.1 Å². The number of rotatable bonds is 8. The number of fused-ring (bicyclic) bond motifs is 4. The second kappa shape index (κ2) is 11.5. The highest BCUT2D eigenvalue weighted by Crippen LogP contribution is 2.38. The van der Waals surface area contributed by atoms with Crippen molar-refractivity contribution in [3.8, 4) is 5.75 Å². The van der Waals surface area contributed by atoms with Gasteiger partial charge in [-0.2, -0.15) is 0 Å². The van der Waals surface area contributed by atoms with Gasteiger partial charge in [0.15, 0.2) is 12.1 Å². The fourth-order valence-electron chi connectivity index (χ4n) is 6.02. The number of halogens is 1. The van der Waals surface area contributed by atoms with Gasteiger partial charge in [-0.3, -0.25) is 4.79 Å². The van der Waals surface area contributed by atoms with Crippen molar-refractivity contribution < 1.29 is 40.9 Å². The Morgan fingerprint density at radius 2 is 1.67 bits per heavy atom. The number of Topliss-reactive ketones (excluding diaryl/α,β-unsaturated/α-hetero) is 1. The standard InChI is InChI=1S/C31H30N2O4S.BrH/c34-24-12-10-21(11-13-24)27(35)18-33-16-14-22(15-17-33)28(19-33)37-31(36)30(32-23-6-2-1-3-7-23)26-20-38-29-9-5-4-8-25(26)29;/h1-13,20,22,28,30,32H,14-19H2;1H/t22?,28-,30?,33?;/m0./s1. The van der Waals surface area contributed by atoms with Gasteiger partial charge in [0.25, 0.3) is 0 Å². The van der Waals surface area contributed by atoms with E-state index in [2.05, 4.69) is 17.4 Å². The highest BCUT2D eigenvalue weighted by Gasteiger charge is 2.49. The fourth-order valence-corrected chi connectivity index (χ4v) is 7.01. The van der Waals surface area contributed by atoms with Gasteiger partial charge in [0.05, 0.1) is 13.1 Å². The number of hydrogen-bond acceptors (Lipinski definition) is 6. The third kappa shape index (κ3) is 5.73. The highest BCUT2D eigenvalue weighted by atomic mass is 79.9. The smallest absolute Gasteiger partial charge is 0.333 e. The predicted octanol–water partition coefficient (Wildman–Crippen LogP) is 2.80. The van der Waals surface area contributed by atoms with Crippen molar-refractivity contribution in [2.45, 2.75) is 25.0 Å². The monoisotopic (exact) mass is 606 g/mol. The average molecular weight is 608 g/mol. The van der Waals surface area contributed by atoms with Crippen LogP contribution in [0.15, 0.2) is 84.2 Å². The van der Waals surface area contributed by atoms with Gasteiger partial charge in [0.2, 0.25) is 5.78 Å². The Morgan fingerprint density at radius 1 is 0.974 bits per heavy atom. The number of hydrogen-bond donors (Lipinski definition) is 2. The Hall–Kier alpha value is -3.20. The van der Waals surface area contributed by atoms with Gasteiger partial charge >= 0.3 is 5.97 Å². The molecule has 3 aliphatic heterocycles. The molecule has 0 spiro atoms. The van der Waals surface area contributed by atoms with Gasteiger partial charge < -0.3 is 36.6 Å². The summed E-state index contributed by atoms with van der Waals surface area (Å²) in [6.45, 7) is 2.88. The predicted molar refractivity (Wildman–Crippen MR) is 149 cm³/mol. The molecule has 4 heterocycles. The number of ketones is 1. The maximum Gasteiger partial charge on any atom is 0.333 e. The van der Waals surface area contributed by atoms with Gasteiger partial charge in [-0.25, -0.2) is 4.79 Å². The van der Waals surface area contributed by atoms with Crippen molar-refractivity contribution in [2.75, 3.05) is 31.5 Å². The summed E-state index contributed by atoms with van der Waals surface area (Å²) in [6.07, 6.45) is 1.67. The van der Waals surface area contributed by atoms with Crippen LogP contribution in [-0.4, -0.2) is 53.6 Å². The number of phenolic OH excluding ortho intramolecular Hbond substituents is 1. The number of para-hydroxylation sites is 1. The van der Waals surface area contributed by atoms with Crippen LogP contribution in [0, 0.1) is 5.92 Å². The van der Waals surface area contributed by atoms with Gasteiger partial charge in [0.1, 0.15) is 18.8 Å². The normalized spacial score (nSPS) is 22.6. The number of phenols is 1. The van der Waals surface area contributed by atoms with Gasteiger partial charge in [-0.05, 0) is 53.2 Å². The second-order valence-corrected chi connectivity index (χ2v) is 11.5. The Labute approximate surface area is 242 Å². The number of nitrogens with zero attached hydrogens (tertiary/aromatic N) is 1. The summed E-state index contributed by atoms with van der Waals surface area (Å²) in [6, 6.07) is 23.7. The molecule has 7 rings (SSSR count). The Kier molecular flexibility index (Phi) is 8.07. The zero-order chi connectivity index (χ0) is 26.1. The largest absolute Gasteiger partial charge is 1.00 e. The number of benzene rings is 3. The highest BCUT2D eigenvalue weighted by molar-refractivity contribution is 7.17. The number of carbonyl (C=O) groups is 2. The van der Waals surface area contributed by atoms with Crippen LogP contribution < -0.4 is 22.3 Å². The van der Waals surface area contributed by atoms with Crippen LogP contribution in [0.2, 0.25) is 0 Å². The minimum atomic E-state index is -0.629. The molecule has 6 nitrogen and oxygen atoms in total. The van der Waals surface area contributed by atoms with E-state index in [4.69, 9.17) is 4.74 Å². The zero-order valence-corrected chi connectivity index (χ0v) is 23.9. The quantitative estimate of drug-likeness (QED) is 0.183. The average Bonchev–Trinajstić information content (AvgIpc) is 3.37. The summed E-state index contributed by atoms with van der Waals surface area (Å²) in [4.78, 5) is 26.9. The number of nitrogens with one attached hydrogen (secondary N) is 1. The van der Waals surface area contributed by atoms with E-state index in [1.165, 1.54) is 0 Å². The number of ether oxygens (including phenoxy) is 1. The fraction of sp³-hybridized carbons (Fsp3) is 0.290. The number of quaternary nitrogens is 1. The number of anilines is 1. The molecule has 39 heavy (non-hydrogen) atoms. The molecule has 202 valence electrons. The molecule has 1 unspecified atom stereocenters. The molecule has 2 N–H and O–H groups in total. The zero-order valence-electron chi connectivity index (χ0n) is 21.5. The van der Waals surface area contributed by atoms with Crippen molar-refractivity contribution in [3.63, 3.8) is 0 Å². The SMILES string of the molecule is O=C(C[N+]12CCC(CC1)[C@@H](OC(=O)C(Nc1ccccc1)c1csc3ccccc13)C2)c1ccc(O)cc1.[Br-]. The Morgan fingerprint density at radius 3 is 2.41 bits per heavy atom. The molecule has 3 fully saturated rings. The number of thiophene rings is 1. The molecular weight excluding hydrogens is 576 g/mol. The lowest BCUT2D eigenvalue weighted by molar-refractivity contribution is -0.938. The molecule has 3 aromatic carbocycles. The first kappa shape index (κ1) is 27.4. The van der Waals surface area contributed by atoms with Crippen LogP contribution in [0.5, 0.6) is 5.75 Å². The molecule has 0 amide bonds. The first-order valence-corrected chi connectivity index (χ1v) is 14.0. The molecule has 3 saturated heterocycles. The van der Waals surface area contributed by atoms with E-state index >= 15 is 0 Å². The minimum Gasteiger partial charge on any atom is -1.00 e. The lowest BCUT2D eigenvalue weighted by Crippen LogP contribution is -3.00. The molecular formula is C31H31BrN2O4S. The van der Waals surface area contributed by atoms with Crippen molar-refractivity contribution in [1.29, 1.82) is 0 Å². The summed E-state index contributed by atoms with van der Waals surface area (Å²) >= 11 is 1.63. The maximum atomic E-state index is 13.8. The van der Waals surface area contributed by atoms with Crippen LogP contribution >= 0.6 is 11.3 Å². The Balaban J connectivity index is 0.00000308. The van der Waals surface area contributed by atoms with Crippen molar-refractivity contribution in [3.05, 3.63) is 95.4 Å². The number of aromatic hydroxyl groups is 1. The van der Waals surface area contributed by atoms with Crippen molar-refractivity contribution >= 4 is 38.9 Å². The second-order valence-electron chi connectivity index (χ2n) is 10.5. The van der Waals surface area contributed by atoms with E-state index in [9.17, 15) is 14.7 Å². The van der Waals surface area contributed by atoms with Gasteiger partial charge in [0, 0.05) is 40.3 Å². The first-order valence-electron chi connectivity index (χ1n) is 13.2. The topological polar surface area (TPSA) is 75.6 Å². The first-order chi connectivity index (χ1) is 18.5. The van der Waals surface area contributed by atoms with E-state index in [0.717, 1.165) is 47.3 Å². The Bertz CT molecular complexity index is 1450. The lowest BCUT2D eigenvalue weighted by Gasteiger charge is -2.51. The molecule has 2 bridgehead atoms. The van der Waals surface area contributed by atoms with E-state index < -0.39 is 6.04 Å². The van der Waals surface area contributed by atoms with Crippen LogP contribution in [0.25, 0.3) is 10.1 Å². The van der Waals surface area contributed by atoms with Crippen LogP contribution in [-0.2, 0) is 9.53 Å². The number of esters is 1. The van der Waals surface area contributed by atoms with Crippen molar-refractivity contribution in [2.24, 2.45) is 5.92 Å². The van der Waals surface area contributed by atoms with Crippen LogP contribution in [0.4, 0.5) is 5.69 Å². The molecule has 3 aliphatic rings. The van der Waals surface area contributed by atoms with Gasteiger partial charge in [-0.1, -0.05) is 36.4 Å². The van der Waals surface area contributed by atoms with Crippen LogP contribution in [0.1, 0.15) is 34.8 Å². The van der Waals surface area contributed by atoms with E-state index in [1.54, 1.807) is 35.6 Å². The molecule has 1 aromatic heterocycles. The number of carbonyl (C=O) groups excluding carboxylic acids is 2. The molecule has 0 aliphatic carbocycles.